The van der Waals surface area contributed by atoms with Crippen molar-refractivity contribution < 1.29 is 9.90 Å². The second kappa shape index (κ2) is 5.11. The van der Waals surface area contributed by atoms with Gasteiger partial charge in [-0.1, -0.05) is 6.07 Å². The van der Waals surface area contributed by atoms with Crippen LogP contribution in [0.3, 0.4) is 0 Å². The zero-order valence-electron chi connectivity index (χ0n) is 6.45. The fraction of sp³-hybridized carbons (Fsp3) is 0.125. The van der Waals surface area contributed by atoms with Crippen LogP contribution < -0.4 is 11.5 Å². The van der Waals surface area contributed by atoms with Crippen LogP contribution in [-0.2, 0) is 11.2 Å². The zero-order chi connectivity index (χ0) is 9.14. The Balaban J connectivity index is 0.00000144. The molecule has 0 aromatic heterocycles. The van der Waals surface area contributed by atoms with Crippen molar-refractivity contribution in [3.8, 4) is 0 Å². The van der Waals surface area contributed by atoms with E-state index in [9.17, 15) is 4.79 Å². The van der Waals surface area contributed by atoms with E-state index in [2.05, 4.69) is 0 Å². The van der Waals surface area contributed by atoms with E-state index < -0.39 is 5.97 Å². The van der Waals surface area contributed by atoms with Gasteiger partial charge in [-0.2, -0.15) is 0 Å². The van der Waals surface area contributed by atoms with Crippen molar-refractivity contribution in [2.24, 2.45) is 0 Å². The molecule has 0 amide bonds. The molecule has 0 bridgehead atoms. The summed E-state index contributed by atoms with van der Waals surface area (Å²) in [6.07, 6.45) is -0.0634. The second-order valence-corrected chi connectivity index (χ2v) is 2.53. The minimum atomic E-state index is -0.897. The van der Waals surface area contributed by atoms with E-state index in [1.54, 1.807) is 18.2 Å². The Morgan fingerprint density at radius 3 is 2.46 bits per heavy atom. The van der Waals surface area contributed by atoms with Crippen LogP contribution in [0.4, 0.5) is 11.4 Å². The first-order valence-corrected chi connectivity index (χ1v) is 3.45. The second-order valence-electron chi connectivity index (χ2n) is 2.53. The Kier molecular flexibility index (Phi) is 4.83. The van der Waals surface area contributed by atoms with E-state index in [1.165, 1.54) is 0 Å². The molecule has 66 valence electrons. The van der Waals surface area contributed by atoms with Crippen molar-refractivity contribution in [1.82, 2.24) is 0 Å². The van der Waals surface area contributed by atoms with Gasteiger partial charge in [0.25, 0.3) is 0 Å². The number of hydrogen-bond donors (Lipinski definition) is 3. The van der Waals surface area contributed by atoms with Crippen LogP contribution in [0.5, 0.6) is 0 Å². The van der Waals surface area contributed by atoms with Crippen molar-refractivity contribution in [3.05, 3.63) is 23.8 Å². The van der Waals surface area contributed by atoms with Crippen molar-refractivity contribution in [2.75, 3.05) is 11.5 Å². The zero-order valence-corrected chi connectivity index (χ0v) is 6.45. The van der Waals surface area contributed by atoms with E-state index in [0.29, 0.717) is 16.9 Å². The summed E-state index contributed by atoms with van der Waals surface area (Å²) in [6.45, 7) is 0. The van der Waals surface area contributed by atoms with Gasteiger partial charge < -0.3 is 16.6 Å². The molecule has 0 saturated carbocycles. The normalized spacial score (nSPS) is 8.92. The average molecular weight is 190 g/mol. The molecule has 0 heterocycles. The van der Waals surface area contributed by atoms with Crippen LogP contribution in [0.2, 0.25) is 0 Å². The van der Waals surface area contributed by atoms with E-state index in [1.807, 2.05) is 0 Å². The van der Waals surface area contributed by atoms with Gasteiger partial charge in [-0.25, -0.2) is 0 Å². The van der Waals surface area contributed by atoms with Crippen LogP contribution in [0.1, 0.15) is 5.56 Å². The topological polar surface area (TPSA) is 89.3 Å². The summed E-state index contributed by atoms with van der Waals surface area (Å²) >= 11 is 0. The van der Waals surface area contributed by atoms with Crippen LogP contribution in [0.15, 0.2) is 18.2 Å². The molecule has 5 N–H and O–H groups in total. The molecular weight excluding hydrogens is 179 g/mol. The molecular formula is C8H11N2NaO2. The van der Waals surface area contributed by atoms with Gasteiger partial charge in [-0.05, 0) is 17.7 Å². The van der Waals surface area contributed by atoms with Crippen LogP contribution in [-0.4, -0.2) is 40.6 Å². The van der Waals surface area contributed by atoms with Gasteiger partial charge in [-0.3, -0.25) is 4.79 Å². The van der Waals surface area contributed by atoms with Gasteiger partial charge >= 0.3 is 35.5 Å². The molecule has 0 aliphatic carbocycles. The summed E-state index contributed by atoms with van der Waals surface area (Å²) in [5.74, 6) is -0.897. The number of carboxylic acid groups (broad SMARTS) is 1. The Labute approximate surface area is 98.2 Å². The van der Waals surface area contributed by atoms with Gasteiger partial charge in [0.2, 0.25) is 0 Å². The molecule has 1 aromatic rings. The average Bonchev–Trinajstić information content (AvgIpc) is 1.94. The Morgan fingerprint density at radius 2 is 2.00 bits per heavy atom. The minimum absolute atomic E-state index is 0. The van der Waals surface area contributed by atoms with E-state index in [0.717, 1.165) is 0 Å². The third kappa shape index (κ3) is 3.67. The van der Waals surface area contributed by atoms with Gasteiger partial charge in [0, 0.05) is 11.4 Å². The number of rotatable bonds is 2. The monoisotopic (exact) mass is 190 g/mol. The molecule has 0 atom stereocenters. The third-order valence-corrected chi connectivity index (χ3v) is 1.51. The van der Waals surface area contributed by atoms with Crippen LogP contribution in [0, 0.1) is 0 Å². The van der Waals surface area contributed by atoms with E-state index >= 15 is 0 Å². The SMILES string of the molecule is Nc1ccc(CC(=O)O)c(N)c1.[NaH]. The molecule has 0 aliphatic rings. The quantitative estimate of drug-likeness (QED) is 0.446. The molecule has 0 unspecified atom stereocenters. The molecule has 0 saturated heterocycles. The molecule has 0 fully saturated rings. The van der Waals surface area contributed by atoms with Crippen LogP contribution in [0.25, 0.3) is 0 Å². The van der Waals surface area contributed by atoms with Gasteiger partial charge in [0.1, 0.15) is 0 Å². The summed E-state index contributed by atoms with van der Waals surface area (Å²) in [5, 5.41) is 8.47. The summed E-state index contributed by atoms with van der Waals surface area (Å²) in [6, 6.07) is 4.81. The number of aliphatic carboxylic acids is 1. The number of anilines is 2. The van der Waals surface area contributed by atoms with E-state index in [-0.39, 0.29) is 36.0 Å². The Hall–Kier alpha value is -0.710. The number of nitrogen functional groups attached to an aromatic ring is 2. The number of carbonyl (C=O) groups is 1. The summed E-state index contributed by atoms with van der Waals surface area (Å²) in [4.78, 5) is 10.3. The molecule has 1 rings (SSSR count). The predicted octanol–water partition coefficient (Wildman–Crippen LogP) is -0.170. The molecule has 4 nitrogen and oxygen atoms in total. The van der Waals surface area contributed by atoms with Crippen molar-refractivity contribution >= 4 is 46.9 Å². The van der Waals surface area contributed by atoms with Crippen molar-refractivity contribution in [2.45, 2.75) is 6.42 Å². The van der Waals surface area contributed by atoms with Crippen molar-refractivity contribution in [1.29, 1.82) is 0 Å². The van der Waals surface area contributed by atoms with Crippen LogP contribution >= 0.6 is 0 Å². The number of carboxylic acids is 1. The fourth-order valence-corrected chi connectivity index (χ4v) is 0.937. The summed E-state index contributed by atoms with van der Waals surface area (Å²) < 4.78 is 0. The molecule has 5 heteroatoms. The Morgan fingerprint density at radius 1 is 1.38 bits per heavy atom. The first kappa shape index (κ1) is 12.3. The molecule has 13 heavy (non-hydrogen) atoms. The standard InChI is InChI=1S/C8H10N2O2.Na.H/c9-6-2-1-5(3-8(11)12)7(10)4-6;;/h1-2,4H,3,9-10H2,(H,11,12);;. The van der Waals surface area contributed by atoms with Crippen molar-refractivity contribution in [3.63, 3.8) is 0 Å². The fourth-order valence-electron chi connectivity index (χ4n) is 0.937. The Bertz CT molecular complexity index is 315. The van der Waals surface area contributed by atoms with Gasteiger partial charge in [0.05, 0.1) is 6.42 Å². The first-order valence-electron chi connectivity index (χ1n) is 3.45. The first-order chi connectivity index (χ1) is 5.59. The molecule has 0 radical (unpaired) electrons. The number of hydrogen-bond acceptors (Lipinski definition) is 3. The van der Waals surface area contributed by atoms with Gasteiger partial charge in [0.15, 0.2) is 0 Å². The summed E-state index contributed by atoms with van der Waals surface area (Å²) in [7, 11) is 0. The maximum atomic E-state index is 10.3. The number of nitrogens with two attached hydrogens (primary N) is 2. The third-order valence-electron chi connectivity index (χ3n) is 1.51. The number of benzene rings is 1. The molecule has 0 aliphatic heterocycles. The van der Waals surface area contributed by atoms with E-state index in [4.69, 9.17) is 16.6 Å². The molecule has 0 spiro atoms. The van der Waals surface area contributed by atoms with Gasteiger partial charge in [-0.15, -0.1) is 0 Å². The predicted molar refractivity (Wildman–Crippen MR) is 53.8 cm³/mol. The summed E-state index contributed by atoms with van der Waals surface area (Å²) in [5.41, 5.74) is 12.5. The maximum absolute atomic E-state index is 10.3. The molecule has 1 aromatic carbocycles.